The Morgan fingerprint density at radius 3 is 2.15 bits per heavy atom. The second kappa shape index (κ2) is 6.24. The van der Waals surface area contributed by atoms with Crippen LogP contribution in [-0.2, 0) is 0 Å². The minimum absolute atomic E-state index is 0.0556. The number of halogens is 3. The van der Waals surface area contributed by atoms with Crippen molar-refractivity contribution in [2.75, 3.05) is 6.61 Å². The first-order valence-electron chi connectivity index (χ1n) is 4.70. The van der Waals surface area contributed by atoms with Crippen molar-refractivity contribution in [1.82, 2.24) is 0 Å². The molecule has 0 aromatic rings. The van der Waals surface area contributed by atoms with Gasteiger partial charge in [-0.05, 0) is 6.42 Å². The van der Waals surface area contributed by atoms with E-state index in [9.17, 15) is 13.2 Å². The first-order chi connectivity index (χ1) is 6.02. The van der Waals surface area contributed by atoms with E-state index in [1.54, 1.807) is 0 Å². The van der Waals surface area contributed by atoms with Crippen LogP contribution in [0, 0.1) is 5.92 Å². The van der Waals surface area contributed by atoms with Crippen LogP contribution in [0.1, 0.15) is 39.0 Å². The van der Waals surface area contributed by atoms with E-state index in [4.69, 9.17) is 5.11 Å². The lowest BCUT2D eigenvalue weighted by molar-refractivity contribution is -0.185. The molecular formula is C9H17F3O. The van der Waals surface area contributed by atoms with Crippen molar-refractivity contribution in [1.29, 1.82) is 0 Å². The van der Waals surface area contributed by atoms with E-state index in [0.717, 1.165) is 19.3 Å². The maximum atomic E-state index is 12.1. The Labute approximate surface area is 76.9 Å². The molecule has 0 aromatic carbocycles. The Morgan fingerprint density at radius 2 is 1.77 bits per heavy atom. The molecule has 80 valence electrons. The molecule has 0 aliphatic rings. The van der Waals surface area contributed by atoms with E-state index < -0.39 is 18.7 Å². The quantitative estimate of drug-likeness (QED) is 0.650. The molecule has 1 atom stereocenters. The summed E-state index contributed by atoms with van der Waals surface area (Å²) in [7, 11) is 0. The Hall–Kier alpha value is -0.250. The fraction of sp³-hybridized carbons (Fsp3) is 1.00. The SMILES string of the molecule is CCCCCC[C@@H](CO)C(F)(F)F. The Balaban J connectivity index is 3.61. The van der Waals surface area contributed by atoms with Gasteiger partial charge >= 0.3 is 6.18 Å². The molecule has 0 aromatic heterocycles. The molecular weight excluding hydrogens is 181 g/mol. The third-order valence-electron chi connectivity index (χ3n) is 2.09. The summed E-state index contributed by atoms with van der Waals surface area (Å²) in [5.74, 6) is -1.52. The van der Waals surface area contributed by atoms with Gasteiger partial charge in [0.05, 0.1) is 12.5 Å². The monoisotopic (exact) mass is 198 g/mol. The van der Waals surface area contributed by atoms with Gasteiger partial charge in [-0.15, -0.1) is 0 Å². The molecule has 0 radical (unpaired) electrons. The lowest BCUT2D eigenvalue weighted by Gasteiger charge is -2.17. The van der Waals surface area contributed by atoms with Gasteiger partial charge in [-0.3, -0.25) is 0 Å². The van der Waals surface area contributed by atoms with Crippen molar-refractivity contribution in [2.45, 2.75) is 45.2 Å². The number of alkyl halides is 3. The average molecular weight is 198 g/mol. The van der Waals surface area contributed by atoms with Crippen LogP contribution in [0.25, 0.3) is 0 Å². The molecule has 0 unspecified atom stereocenters. The van der Waals surface area contributed by atoms with Crippen LogP contribution in [0.15, 0.2) is 0 Å². The minimum Gasteiger partial charge on any atom is -0.396 e. The first kappa shape index (κ1) is 12.8. The Morgan fingerprint density at radius 1 is 1.15 bits per heavy atom. The standard InChI is InChI=1S/C9H17F3O/c1-2-3-4-5-6-8(7-13)9(10,11)12/h8,13H,2-7H2,1H3/t8-/m0/s1. The summed E-state index contributed by atoms with van der Waals surface area (Å²) in [5, 5.41) is 8.50. The molecule has 0 aliphatic heterocycles. The fourth-order valence-electron chi connectivity index (χ4n) is 1.18. The van der Waals surface area contributed by atoms with Crippen LogP contribution >= 0.6 is 0 Å². The maximum Gasteiger partial charge on any atom is 0.394 e. The number of aliphatic hydroxyl groups is 1. The summed E-state index contributed by atoms with van der Waals surface area (Å²) in [4.78, 5) is 0. The van der Waals surface area contributed by atoms with E-state index in [1.165, 1.54) is 0 Å². The molecule has 0 bridgehead atoms. The van der Waals surface area contributed by atoms with E-state index >= 15 is 0 Å². The third kappa shape index (κ3) is 5.91. The zero-order valence-corrected chi connectivity index (χ0v) is 7.90. The van der Waals surface area contributed by atoms with Gasteiger partial charge in [0.25, 0.3) is 0 Å². The molecule has 1 N–H and O–H groups in total. The van der Waals surface area contributed by atoms with Crippen molar-refractivity contribution < 1.29 is 18.3 Å². The Kier molecular flexibility index (Phi) is 6.12. The third-order valence-corrected chi connectivity index (χ3v) is 2.09. The van der Waals surface area contributed by atoms with E-state index in [-0.39, 0.29) is 6.42 Å². The van der Waals surface area contributed by atoms with Gasteiger partial charge in [0.2, 0.25) is 0 Å². The van der Waals surface area contributed by atoms with Crippen molar-refractivity contribution in [3.05, 3.63) is 0 Å². The molecule has 13 heavy (non-hydrogen) atoms. The van der Waals surface area contributed by atoms with E-state index in [1.807, 2.05) is 6.92 Å². The number of hydrogen-bond acceptors (Lipinski definition) is 1. The molecule has 0 amide bonds. The minimum atomic E-state index is -4.24. The zero-order chi connectivity index (χ0) is 10.3. The number of hydrogen-bond donors (Lipinski definition) is 1. The molecule has 0 fully saturated rings. The summed E-state index contributed by atoms with van der Waals surface area (Å²) in [6.07, 6.45) is -0.825. The average Bonchev–Trinajstić information content (AvgIpc) is 2.02. The molecule has 4 heteroatoms. The molecule has 0 saturated carbocycles. The molecule has 0 aliphatic carbocycles. The highest BCUT2D eigenvalue weighted by molar-refractivity contribution is 4.66. The van der Waals surface area contributed by atoms with Crippen molar-refractivity contribution in [3.63, 3.8) is 0 Å². The van der Waals surface area contributed by atoms with Crippen LogP contribution in [0.2, 0.25) is 0 Å². The van der Waals surface area contributed by atoms with E-state index in [0.29, 0.717) is 6.42 Å². The number of aliphatic hydroxyl groups excluding tert-OH is 1. The summed E-state index contributed by atoms with van der Waals surface area (Å²) < 4.78 is 36.2. The fourth-order valence-corrected chi connectivity index (χ4v) is 1.18. The van der Waals surface area contributed by atoms with Gasteiger partial charge < -0.3 is 5.11 Å². The van der Waals surface area contributed by atoms with Gasteiger partial charge in [0, 0.05) is 0 Å². The maximum absolute atomic E-state index is 12.1. The predicted octanol–water partition coefficient (Wildman–Crippen LogP) is 3.13. The smallest absolute Gasteiger partial charge is 0.394 e. The van der Waals surface area contributed by atoms with Crippen LogP contribution < -0.4 is 0 Å². The predicted molar refractivity (Wildman–Crippen MR) is 45.4 cm³/mol. The van der Waals surface area contributed by atoms with Gasteiger partial charge in [-0.2, -0.15) is 13.2 Å². The molecule has 1 nitrogen and oxygen atoms in total. The topological polar surface area (TPSA) is 20.2 Å². The van der Waals surface area contributed by atoms with Crippen LogP contribution in [0.3, 0.4) is 0 Å². The van der Waals surface area contributed by atoms with Gasteiger partial charge in [-0.1, -0.05) is 32.6 Å². The molecule has 0 saturated heterocycles. The molecule has 0 rings (SSSR count). The summed E-state index contributed by atoms with van der Waals surface area (Å²) in [5.41, 5.74) is 0. The summed E-state index contributed by atoms with van der Waals surface area (Å²) in [6.45, 7) is 1.23. The van der Waals surface area contributed by atoms with Gasteiger partial charge in [-0.25, -0.2) is 0 Å². The lowest BCUT2D eigenvalue weighted by atomic mass is 10.0. The summed E-state index contributed by atoms with van der Waals surface area (Å²) >= 11 is 0. The highest BCUT2D eigenvalue weighted by atomic mass is 19.4. The van der Waals surface area contributed by atoms with Crippen LogP contribution in [-0.4, -0.2) is 17.9 Å². The number of rotatable bonds is 6. The Bertz CT molecular complexity index is 123. The second-order valence-electron chi connectivity index (χ2n) is 3.27. The lowest BCUT2D eigenvalue weighted by Crippen LogP contribution is -2.26. The summed E-state index contributed by atoms with van der Waals surface area (Å²) in [6, 6.07) is 0. The van der Waals surface area contributed by atoms with Crippen molar-refractivity contribution in [2.24, 2.45) is 5.92 Å². The van der Waals surface area contributed by atoms with Gasteiger partial charge in [0.1, 0.15) is 0 Å². The highest BCUT2D eigenvalue weighted by Crippen LogP contribution is 2.29. The molecule has 0 heterocycles. The zero-order valence-electron chi connectivity index (χ0n) is 7.90. The van der Waals surface area contributed by atoms with Crippen molar-refractivity contribution in [3.8, 4) is 0 Å². The largest absolute Gasteiger partial charge is 0.396 e. The van der Waals surface area contributed by atoms with E-state index in [2.05, 4.69) is 0 Å². The van der Waals surface area contributed by atoms with Crippen LogP contribution in [0.4, 0.5) is 13.2 Å². The van der Waals surface area contributed by atoms with Gasteiger partial charge in [0.15, 0.2) is 0 Å². The normalized spacial score (nSPS) is 14.5. The second-order valence-corrected chi connectivity index (χ2v) is 3.27. The molecule has 0 spiro atoms. The highest BCUT2D eigenvalue weighted by Gasteiger charge is 2.38. The number of unbranched alkanes of at least 4 members (excludes halogenated alkanes) is 3. The van der Waals surface area contributed by atoms with Crippen molar-refractivity contribution >= 4 is 0 Å². The van der Waals surface area contributed by atoms with Crippen LogP contribution in [0.5, 0.6) is 0 Å². The first-order valence-corrected chi connectivity index (χ1v) is 4.70.